The molecule has 0 saturated carbocycles. The molecule has 7 heteroatoms. The van der Waals surface area contributed by atoms with Crippen molar-refractivity contribution in [1.29, 1.82) is 0 Å². The third-order valence-corrected chi connectivity index (χ3v) is 1.53. The van der Waals surface area contributed by atoms with Gasteiger partial charge in [0.15, 0.2) is 0 Å². The molecule has 15 heavy (non-hydrogen) atoms. The van der Waals surface area contributed by atoms with E-state index in [4.69, 9.17) is 5.11 Å². The molecule has 0 fully saturated rings. The summed E-state index contributed by atoms with van der Waals surface area (Å²) in [5.74, 6) is -2.58. The van der Waals surface area contributed by atoms with E-state index in [-0.39, 0.29) is 18.9 Å². The van der Waals surface area contributed by atoms with E-state index < -0.39 is 24.5 Å². The van der Waals surface area contributed by atoms with Crippen molar-refractivity contribution >= 4 is 11.9 Å². The summed E-state index contributed by atoms with van der Waals surface area (Å²) >= 11 is 0. The number of hydrogen-bond acceptors (Lipinski definition) is 2. The van der Waals surface area contributed by atoms with Gasteiger partial charge >= 0.3 is 12.1 Å². The number of carbonyl (C=O) groups is 2. The van der Waals surface area contributed by atoms with E-state index in [1.54, 1.807) is 0 Å². The van der Waals surface area contributed by atoms with Gasteiger partial charge in [-0.25, -0.2) is 0 Å². The van der Waals surface area contributed by atoms with Gasteiger partial charge in [-0.05, 0) is 5.92 Å². The lowest BCUT2D eigenvalue weighted by Crippen LogP contribution is -2.32. The van der Waals surface area contributed by atoms with Crippen molar-refractivity contribution in [1.82, 2.24) is 5.32 Å². The Morgan fingerprint density at radius 1 is 1.40 bits per heavy atom. The van der Waals surface area contributed by atoms with Crippen molar-refractivity contribution in [2.75, 3.05) is 6.54 Å². The molecule has 0 bridgehead atoms. The van der Waals surface area contributed by atoms with Crippen LogP contribution in [0.15, 0.2) is 0 Å². The summed E-state index contributed by atoms with van der Waals surface area (Å²) in [5, 5.41) is 10.4. The largest absolute Gasteiger partial charge is 0.481 e. The number of rotatable bonds is 5. The quantitative estimate of drug-likeness (QED) is 0.740. The molecule has 0 aliphatic heterocycles. The van der Waals surface area contributed by atoms with Gasteiger partial charge in [0.2, 0.25) is 5.91 Å². The molecule has 0 spiro atoms. The van der Waals surface area contributed by atoms with Gasteiger partial charge in [0.1, 0.15) is 6.42 Å². The third-order valence-electron chi connectivity index (χ3n) is 1.53. The fraction of sp³-hybridized carbons (Fsp3) is 0.750. The molecule has 0 saturated heterocycles. The number of carboxylic acids is 1. The van der Waals surface area contributed by atoms with Crippen molar-refractivity contribution in [2.45, 2.75) is 25.9 Å². The van der Waals surface area contributed by atoms with Crippen LogP contribution in [0.3, 0.4) is 0 Å². The number of hydrogen-bond donors (Lipinski definition) is 2. The lowest BCUT2D eigenvalue weighted by molar-refractivity contribution is -0.154. The highest BCUT2D eigenvalue weighted by Gasteiger charge is 2.31. The molecule has 0 radical (unpaired) electrons. The second kappa shape index (κ2) is 5.57. The van der Waals surface area contributed by atoms with Gasteiger partial charge in [0, 0.05) is 13.0 Å². The molecule has 88 valence electrons. The van der Waals surface area contributed by atoms with E-state index in [0.29, 0.717) is 0 Å². The van der Waals surface area contributed by atoms with Crippen LogP contribution in [0.2, 0.25) is 0 Å². The van der Waals surface area contributed by atoms with E-state index in [1.807, 2.05) is 5.32 Å². The van der Waals surface area contributed by atoms with Gasteiger partial charge in [-0.1, -0.05) is 6.92 Å². The number of alkyl halides is 3. The topological polar surface area (TPSA) is 66.4 Å². The SMILES string of the molecule is CC(CNC(=O)CC(F)(F)F)CC(=O)O. The lowest BCUT2D eigenvalue weighted by Gasteiger charge is -2.11. The fourth-order valence-corrected chi connectivity index (χ4v) is 0.903. The Bertz CT molecular complexity index is 240. The van der Waals surface area contributed by atoms with Crippen molar-refractivity contribution in [3.05, 3.63) is 0 Å². The van der Waals surface area contributed by atoms with Crippen molar-refractivity contribution in [2.24, 2.45) is 5.92 Å². The average molecular weight is 227 g/mol. The zero-order valence-electron chi connectivity index (χ0n) is 8.10. The van der Waals surface area contributed by atoms with Crippen LogP contribution < -0.4 is 5.32 Å². The molecular weight excluding hydrogens is 215 g/mol. The minimum absolute atomic E-state index is 0.0682. The molecule has 0 aliphatic rings. The van der Waals surface area contributed by atoms with Crippen molar-refractivity contribution in [3.8, 4) is 0 Å². The van der Waals surface area contributed by atoms with Crippen LogP contribution in [0.1, 0.15) is 19.8 Å². The van der Waals surface area contributed by atoms with E-state index in [2.05, 4.69) is 0 Å². The highest BCUT2D eigenvalue weighted by atomic mass is 19.4. The Morgan fingerprint density at radius 2 is 1.93 bits per heavy atom. The number of carbonyl (C=O) groups excluding carboxylic acids is 1. The first-order valence-electron chi connectivity index (χ1n) is 4.26. The molecule has 0 heterocycles. The van der Waals surface area contributed by atoms with Gasteiger partial charge in [-0.2, -0.15) is 13.2 Å². The van der Waals surface area contributed by atoms with Crippen LogP contribution in [0.25, 0.3) is 0 Å². The predicted molar refractivity (Wildman–Crippen MR) is 45.1 cm³/mol. The summed E-state index contributed by atoms with van der Waals surface area (Å²) in [6.45, 7) is 1.46. The molecule has 1 atom stereocenters. The molecule has 2 N–H and O–H groups in total. The minimum Gasteiger partial charge on any atom is -0.481 e. The number of nitrogens with one attached hydrogen (secondary N) is 1. The molecule has 0 aromatic heterocycles. The van der Waals surface area contributed by atoms with E-state index in [1.165, 1.54) is 6.92 Å². The lowest BCUT2D eigenvalue weighted by atomic mass is 10.1. The summed E-state index contributed by atoms with van der Waals surface area (Å²) in [6, 6.07) is 0. The Labute approximate surface area is 84.5 Å². The first-order chi connectivity index (χ1) is 6.70. The first kappa shape index (κ1) is 13.7. The van der Waals surface area contributed by atoms with Gasteiger partial charge in [0.25, 0.3) is 0 Å². The molecule has 4 nitrogen and oxygen atoms in total. The summed E-state index contributed by atoms with van der Waals surface area (Å²) in [7, 11) is 0. The first-order valence-corrected chi connectivity index (χ1v) is 4.26. The van der Waals surface area contributed by atoms with Gasteiger partial charge in [0.05, 0.1) is 0 Å². The second-order valence-electron chi connectivity index (χ2n) is 3.30. The summed E-state index contributed by atoms with van der Waals surface area (Å²) in [4.78, 5) is 20.9. The Balaban J connectivity index is 3.76. The van der Waals surface area contributed by atoms with Crippen LogP contribution >= 0.6 is 0 Å². The second-order valence-corrected chi connectivity index (χ2v) is 3.30. The highest BCUT2D eigenvalue weighted by Crippen LogP contribution is 2.18. The fourth-order valence-electron chi connectivity index (χ4n) is 0.903. The van der Waals surface area contributed by atoms with E-state index >= 15 is 0 Å². The van der Waals surface area contributed by atoms with E-state index in [0.717, 1.165) is 0 Å². The maximum atomic E-state index is 11.7. The molecule has 1 unspecified atom stereocenters. The highest BCUT2D eigenvalue weighted by molar-refractivity contribution is 5.76. The predicted octanol–water partition coefficient (Wildman–Crippen LogP) is 1.17. The molecule has 1 amide bonds. The Hall–Kier alpha value is -1.27. The zero-order chi connectivity index (χ0) is 12.1. The van der Waals surface area contributed by atoms with Crippen molar-refractivity contribution < 1.29 is 27.9 Å². The smallest absolute Gasteiger partial charge is 0.397 e. The van der Waals surface area contributed by atoms with E-state index in [9.17, 15) is 22.8 Å². The summed E-state index contributed by atoms with van der Waals surface area (Å²) in [6.07, 6.45) is -6.25. The molecular formula is C8H12F3NO3. The third kappa shape index (κ3) is 9.04. The maximum absolute atomic E-state index is 11.7. The van der Waals surface area contributed by atoms with Gasteiger partial charge in [-0.3, -0.25) is 9.59 Å². The summed E-state index contributed by atoms with van der Waals surface area (Å²) < 4.78 is 35.1. The molecule has 0 aromatic rings. The number of aliphatic carboxylic acids is 1. The molecule has 0 rings (SSSR count). The monoisotopic (exact) mass is 227 g/mol. The van der Waals surface area contributed by atoms with Crippen LogP contribution in [0.4, 0.5) is 13.2 Å². The molecule has 0 aliphatic carbocycles. The Kier molecular flexibility index (Phi) is 5.10. The standard InChI is InChI=1S/C8H12F3NO3/c1-5(2-7(14)15)4-12-6(13)3-8(9,10)11/h5H,2-4H2,1H3,(H,12,13)(H,14,15). The van der Waals surface area contributed by atoms with Gasteiger partial charge in [-0.15, -0.1) is 0 Å². The minimum atomic E-state index is -4.53. The summed E-state index contributed by atoms with van der Waals surface area (Å²) in [5.41, 5.74) is 0. The normalized spacial score (nSPS) is 13.3. The number of amides is 1. The number of carboxylic acid groups (broad SMARTS) is 1. The van der Waals surface area contributed by atoms with Crippen LogP contribution in [-0.4, -0.2) is 29.7 Å². The maximum Gasteiger partial charge on any atom is 0.397 e. The number of halogens is 3. The van der Waals surface area contributed by atoms with Crippen LogP contribution in [-0.2, 0) is 9.59 Å². The molecule has 0 aromatic carbocycles. The van der Waals surface area contributed by atoms with Crippen LogP contribution in [0.5, 0.6) is 0 Å². The van der Waals surface area contributed by atoms with Crippen LogP contribution in [0, 0.1) is 5.92 Å². The Morgan fingerprint density at radius 3 is 2.33 bits per heavy atom. The van der Waals surface area contributed by atoms with Crippen molar-refractivity contribution in [3.63, 3.8) is 0 Å². The average Bonchev–Trinajstić information content (AvgIpc) is 1.96. The zero-order valence-corrected chi connectivity index (χ0v) is 8.10. The van der Waals surface area contributed by atoms with Gasteiger partial charge < -0.3 is 10.4 Å².